The molecule has 0 saturated carbocycles. The molecule has 11 heteroatoms. The number of ether oxygens (including phenoxy) is 2. The second-order valence-corrected chi connectivity index (χ2v) is 7.98. The number of carbonyl (C=O) groups is 1. The highest BCUT2D eigenvalue weighted by atomic mass is 32.2. The summed E-state index contributed by atoms with van der Waals surface area (Å²) in [5.41, 5.74) is 0.00209. The largest absolute Gasteiger partial charge is 0.495 e. The lowest BCUT2D eigenvalue weighted by Crippen LogP contribution is -2.30. The summed E-state index contributed by atoms with van der Waals surface area (Å²) in [4.78, 5) is 22.6. The molecule has 30 heavy (non-hydrogen) atoms. The van der Waals surface area contributed by atoms with E-state index in [0.717, 1.165) is 0 Å². The van der Waals surface area contributed by atoms with Crippen molar-refractivity contribution in [2.45, 2.75) is 18.7 Å². The third-order valence-electron chi connectivity index (χ3n) is 4.19. The minimum absolute atomic E-state index is 0.0157. The molecule has 0 atom stereocenters. The first-order chi connectivity index (χ1) is 14.2. The zero-order valence-electron chi connectivity index (χ0n) is 16.8. The summed E-state index contributed by atoms with van der Waals surface area (Å²) in [6.07, 6.45) is 0. The lowest BCUT2D eigenvalue weighted by molar-refractivity contribution is -0.384. The molecule has 0 heterocycles. The number of nitro groups is 1. The average molecular weight is 437 g/mol. The standard InChI is InChI=1S/C19H23N3O7S/c1-4-21(5-2)30(26,27)16-9-10-18(28-3)17(12-16)20-19(23)13-29-15-8-6-7-14(11-15)22(24)25/h6-12H,4-5,13H2,1-3H3,(H,20,23). The van der Waals surface area contributed by atoms with E-state index in [4.69, 9.17) is 9.47 Å². The van der Waals surface area contributed by atoms with Gasteiger partial charge in [-0.2, -0.15) is 4.31 Å². The average Bonchev–Trinajstić information content (AvgIpc) is 2.73. The normalized spacial score (nSPS) is 11.2. The van der Waals surface area contributed by atoms with Crippen LogP contribution in [0, 0.1) is 10.1 Å². The molecule has 2 rings (SSSR count). The summed E-state index contributed by atoms with van der Waals surface area (Å²) in [6.45, 7) is 3.65. The Balaban J connectivity index is 2.17. The summed E-state index contributed by atoms with van der Waals surface area (Å²) in [7, 11) is -2.33. The number of methoxy groups -OCH3 is 1. The zero-order chi connectivity index (χ0) is 22.3. The molecule has 10 nitrogen and oxygen atoms in total. The van der Waals surface area contributed by atoms with Gasteiger partial charge in [-0.3, -0.25) is 14.9 Å². The third-order valence-corrected chi connectivity index (χ3v) is 6.23. The maximum Gasteiger partial charge on any atom is 0.273 e. The van der Waals surface area contributed by atoms with Crippen molar-refractivity contribution in [3.8, 4) is 11.5 Å². The van der Waals surface area contributed by atoms with Gasteiger partial charge >= 0.3 is 0 Å². The number of hydrogen-bond acceptors (Lipinski definition) is 7. The lowest BCUT2D eigenvalue weighted by Gasteiger charge is -2.19. The Bertz CT molecular complexity index is 1020. The highest BCUT2D eigenvalue weighted by Crippen LogP contribution is 2.29. The first kappa shape index (κ1) is 23.1. The van der Waals surface area contributed by atoms with Crippen molar-refractivity contribution in [2.75, 3.05) is 32.1 Å². The maximum absolute atomic E-state index is 12.7. The van der Waals surface area contributed by atoms with Crippen LogP contribution in [0.2, 0.25) is 0 Å². The predicted molar refractivity (Wildman–Crippen MR) is 110 cm³/mol. The first-order valence-electron chi connectivity index (χ1n) is 9.08. The smallest absolute Gasteiger partial charge is 0.273 e. The molecule has 0 bridgehead atoms. The number of hydrogen-bond donors (Lipinski definition) is 1. The molecule has 0 radical (unpaired) electrons. The summed E-state index contributed by atoms with van der Waals surface area (Å²) >= 11 is 0. The van der Waals surface area contributed by atoms with Crippen molar-refractivity contribution in [1.82, 2.24) is 4.31 Å². The molecule has 0 aliphatic carbocycles. The molecule has 0 spiro atoms. The number of benzene rings is 2. The minimum Gasteiger partial charge on any atom is -0.495 e. The van der Waals surface area contributed by atoms with Crippen LogP contribution in [0.1, 0.15) is 13.8 Å². The molecular formula is C19H23N3O7S. The van der Waals surface area contributed by atoms with Gasteiger partial charge in [-0.1, -0.05) is 19.9 Å². The van der Waals surface area contributed by atoms with Gasteiger partial charge in [0.25, 0.3) is 11.6 Å². The number of non-ortho nitro benzene ring substituents is 1. The minimum atomic E-state index is -3.72. The van der Waals surface area contributed by atoms with Crippen LogP contribution in [0.5, 0.6) is 11.5 Å². The second-order valence-electron chi connectivity index (χ2n) is 6.04. The fourth-order valence-electron chi connectivity index (χ4n) is 2.68. The van der Waals surface area contributed by atoms with Crippen LogP contribution in [0.3, 0.4) is 0 Å². The molecule has 2 aromatic carbocycles. The molecule has 0 aliphatic rings. The van der Waals surface area contributed by atoms with Gasteiger partial charge in [0.1, 0.15) is 11.5 Å². The van der Waals surface area contributed by atoms with Gasteiger partial charge in [0.15, 0.2) is 6.61 Å². The third kappa shape index (κ3) is 5.45. The van der Waals surface area contributed by atoms with E-state index < -0.39 is 27.5 Å². The first-order valence-corrected chi connectivity index (χ1v) is 10.5. The van der Waals surface area contributed by atoms with Gasteiger partial charge in [-0.15, -0.1) is 0 Å². The van der Waals surface area contributed by atoms with E-state index in [9.17, 15) is 23.3 Å². The van der Waals surface area contributed by atoms with Crippen molar-refractivity contribution in [1.29, 1.82) is 0 Å². The van der Waals surface area contributed by atoms with Gasteiger partial charge < -0.3 is 14.8 Å². The topological polar surface area (TPSA) is 128 Å². The van der Waals surface area contributed by atoms with E-state index in [2.05, 4.69) is 5.32 Å². The van der Waals surface area contributed by atoms with Crippen molar-refractivity contribution >= 4 is 27.3 Å². The molecule has 0 unspecified atom stereocenters. The van der Waals surface area contributed by atoms with E-state index in [-0.39, 0.29) is 27.8 Å². The summed E-state index contributed by atoms with van der Waals surface area (Å²) in [5, 5.41) is 13.4. The fraction of sp³-hybridized carbons (Fsp3) is 0.316. The Morgan fingerprint density at radius 1 is 1.17 bits per heavy atom. The van der Waals surface area contributed by atoms with Crippen LogP contribution in [0.4, 0.5) is 11.4 Å². The Morgan fingerprint density at radius 3 is 2.47 bits per heavy atom. The SMILES string of the molecule is CCN(CC)S(=O)(=O)c1ccc(OC)c(NC(=O)COc2cccc([N+](=O)[O-])c2)c1. The van der Waals surface area contributed by atoms with E-state index in [1.165, 1.54) is 53.9 Å². The van der Waals surface area contributed by atoms with Gasteiger partial charge in [0.05, 0.1) is 28.7 Å². The number of carbonyl (C=O) groups excluding carboxylic acids is 1. The van der Waals surface area contributed by atoms with Crippen LogP contribution < -0.4 is 14.8 Å². The van der Waals surface area contributed by atoms with Gasteiger partial charge in [-0.25, -0.2) is 8.42 Å². The van der Waals surface area contributed by atoms with Crippen molar-refractivity contribution in [2.24, 2.45) is 0 Å². The molecule has 0 fully saturated rings. The maximum atomic E-state index is 12.7. The zero-order valence-corrected chi connectivity index (χ0v) is 17.6. The molecule has 1 amide bonds. The van der Waals surface area contributed by atoms with E-state index >= 15 is 0 Å². The number of amides is 1. The predicted octanol–water partition coefficient (Wildman–Crippen LogP) is 2.65. The number of nitro benzene ring substituents is 1. The molecule has 162 valence electrons. The summed E-state index contributed by atoms with van der Waals surface area (Å²) < 4.78 is 37.2. The monoisotopic (exact) mass is 437 g/mol. The number of sulfonamides is 1. The van der Waals surface area contributed by atoms with Crippen molar-refractivity contribution in [3.05, 3.63) is 52.6 Å². The number of rotatable bonds is 10. The Hall–Kier alpha value is -3.18. The van der Waals surface area contributed by atoms with E-state index in [0.29, 0.717) is 13.1 Å². The molecule has 2 aromatic rings. The highest BCUT2D eigenvalue weighted by Gasteiger charge is 2.23. The van der Waals surface area contributed by atoms with Crippen molar-refractivity contribution < 1.29 is 27.6 Å². The van der Waals surface area contributed by atoms with Crippen LogP contribution in [0.15, 0.2) is 47.4 Å². The van der Waals surface area contributed by atoms with Crippen molar-refractivity contribution in [3.63, 3.8) is 0 Å². The molecule has 0 aromatic heterocycles. The van der Waals surface area contributed by atoms with Gasteiger partial charge in [0.2, 0.25) is 10.0 Å². The fourth-order valence-corrected chi connectivity index (χ4v) is 4.16. The van der Waals surface area contributed by atoms with E-state index in [1.807, 2.05) is 0 Å². The molecule has 1 N–H and O–H groups in total. The van der Waals surface area contributed by atoms with Gasteiger partial charge in [-0.05, 0) is 24.3 Å². The quantitative estimate of drug-likeness (QED) is 0.447. The molecule has 0 aliphatic heterocycles. The number of nitrogens with zero attached hydrogens (tertiary/aromatic N) is 2. The summed E-state index contributed by atoms with van der Waals surface area (Å²) in [5.74, 6) is -0.154. The molecular weight excluding hydrogens is 414 g/mol. The Kier molecular flexibility index (Phi) is 7.72. The number of nitrogens with one attached hydrogen (secondary N) is 1. The summed E-state index contributed by atoms with van der Waals surface area (Å²) in [6, 6.07) is 9.60. The Morgan fingerprint density at radius 2 is 1.87 bits per heavy atom. The van der Waals surface area contributed by atoms with Gasteiger partial charge in [0, 0.05) is 19.2 Å². The Labute approximate surface area is 174 Å². The highest BCUT2D eigenvalue weighted by molar-refractivity contribution is 7.89. The van der Waals surface area contributed by atoms with Crippen LogP contribution in [-0.2, 0) is 14.8 Å². The molecule has 0 saturated heterocycles. The number of anilines is 1. The lowest BCUT2D eigenvalue weighted by atomic mass is 10.3. The van der Waals surface area contributed by atoms with Crippen LogP contribution in [-0.4, -0.2) is 50.4 Å². The second kappa shape index (κ2) is 10.0. The van der Waals surface area contributed by atoms with Crippen LogP contribution >= 0.6 is 0 Å². The van der Waals surface area contributed by atoms with Crippen LogP contribution in [0.25, 0.3) is 0 Å². The van der Waals surface area contributed by atoms with E-state index in [1.54, 1.807) is 13.8 Å².